The summed E-state index contributed by atoms with van der Waals surface area (Å²) < 4.78 is 0. The highest BCUT2D eigenvalue weighted by Crippen LogP contribution is 2.32. The van der Waals surface area contributed by atoms with Crippen LogP contribution in [0.1, 0.15) is 25.7 Å². The number of allylic oxidation sites excluding steroid dienone is 1. The van der Waals surface area contributed by atoms with E-state index in [2.05, 4.69) is 0 Å². The molecule has 0 bridgehead atoms. The summed E-state index contributed by atoms with van der Waals surface area (Å²) in [6.45, 7) is 0. The van der Waals surface area contributed by atoms with Crippen LogP contribution in [0.5, 0.6) is 0 Å². The van der Waals surface area contributed by atoms with Crippen LogP contribution in [0.3, 0.4) is 0 Å². The molecule has 2 unspecified atom stereocenters. The summed E-state index contributed by atoms with van der Waals surface area (Å²) in [6.07, 6.45) is 6.88. The quantitative estimate of drug-likeness (QED) is 0.566. The number of rotatable bonds is 0. The van der Waals surface area contributed by atoms with E-state index < -0.39 is 12.2 Å². The topological polar surface area (TPSA) is 40.5 Å². The van der Waals surface area contributed by atoms with E-state index in [1.807, 2.05) is 6.08 Å². The first kappa shape index (κ1) is 8.02. The van der Waals surface area contributed by atoms with Crippen LogP contribution in [-0.2, 0) is 0 Å². The molecule has 0 aromatic carbocycles. The molecular weight excluding hydrogens is 152 g/mol. The zero-order chi connectivity index (χ0) is 8.55. The Kier molecular flexibility index (Phi) is 2.03. The summed E-state index contributed by atoms with van der Waals surface area (Å²) in [6, 6.07) is 0. The lowest BCUT2D eigenvalue weighted by Crippen LogP contribution is -2.20. The molecule has 1 fully saturated rings. The molecule has 2 aliphatic carbocycles. The van der Waals surface area contributed by atoms with E-state index in [0.29, 0.717) is 0 Å². The van der Waals surface area contributed by atoms with Crippen molar-refractivity contribution < 1.29 is 10.2 Å². The second kappa shape index (κ2) is 3.04. The fourth-order valence-corrected chi connectivity index (χ4v) is 2.01. The summed E-state index contributed by atoms with van der Waals surface area (Å²) in [4.78, 5) is 0. The lowest BCUT2D eigenvalue weighted by molar-refractivity contribution is 0.0820. The lowest BCUT2D eigenvalue weighted by Gasteiger charge is -2.11. The van der Waals surface area contributed by atoms with E-state index in [1.54, 1.807) is 6.08 Å². The van der Waals surface area contributed by atoms with Crippen LogP contribution in [0.25, 0.3) is 0 Å². The molecule has 12 heavy (non-hydrogen) atoms. The Bertz CT molecular complexity index is 232. The van der Waals surface area contributed by atoms with Gasteiger partial charge in [-0.15, -0.1) is 0 Å². The molecule has 2 aliphatic rings. The molecule has 0 aromatic heterocycles. The molecule has 2 nitrogen and oxygen atoms in total. The third-order valence-electron chi connectivity index (χ3n) is 2.73. The highest BCUT2D eigenvalue weighted by atomic mass is 16.3. The van der Waals surface area contributed by atoms with Crippen LogP contribution in [0.15, 0.2) is 23.3 Å². The molecule has 0 spiro atoms. The van der Waals surface area contributed by atoms with Gasteiger partial charge in [-0.05, 0) is 31.3 Å². The van der Waals surface area contributed by atoms with Crippen LogP contribution in [-0.4, -0.2) is 22.4 Å². The number of aliphatic hydroxyl groups is 2. The molecular formula is C10H14O2. The second-order valence-corrected chi connectivity index (χ2v) is 3.56. The highest BCUT2D eigenvalue weighted by Gasteiger charge is 2.26. The Morgan fingerprint density at radius 2 is 1.83 bits per heavy atom. The molecule has 2 N–H and O–H groups in total. The van der Waals surface area contributed by atoms with Gasteiger partial charge in [0.2, 0.25) is 0 Å². The molecule has 0 radical (unpaired) electrons. The minimum atomic E-state index is -0.673. The van der Waals surface area contributed by atoms with Crippen LogP contribution >= 0.6 is 0 Å². The largest absolute Gasteiger partial charge is 0.386 e. The fourth-order valence-electron chi connectivity index (χ4n) is 2.01. The Hall–Kier alpha value is -0.600. The molecule has 2 heteroatoms. The first-order chi connectivity index (χ1) is 5.79. The van der Waals surface area contributed by atoms with Gasteiger partial charge in [0, 0.05) is 0 Å². The lowest BCUT2D eigenvalue weighted by atomic mass is 10.0. The summed E-state index contributed by atoms with van der Waals surface area (Å²) >= 11 is 0. The summed E-state index contributed by atoms with van der Waals surface area (Å²) in [5, 5.41) is 18.8. The Balaban J connectivity index is 2.23. The zero-order valence-electron chi connectivity index (χ0n) is 7.03. The Morgan fingerprint density at radius 1 is 1.17 bits per heavy atom. The van der Waals surface area contributed by atoms with Crippen molar-refractivity contribution in [3.05, 3.63) is 23.3 Å². The van der Waals surface area contributed by atoms with E-state index in [-0.39, 0.29) is 0 Å². The van der Waals surface area contributed by atoms with Crippen LogP contribution in [0.2, 0.25) is 0 Å². The predicted octanol–water partition coefficient (Wildman–Crippen LogP) is 1.15. The third kappa shape index (κ3) is 1.21. The average molecular weight is 166 g/mol. The maximum Gasteiger partial charge on any atom is 0.108 e. The van der Waals surface area contributed by atoms with Crippen molar-refractivity contribution in [3.8, 4) is 0 Å². The van der Waals surface area contributed by atoms with Gasteiger partial charge in [0.05, 0.1) is 0 Å². The molecule has 0 aromatic rings. The average Bonchev–Trinajstić information content (AvgIpc) is 2.64. The molecule has 0 aliphatic heterocycles. The minimum absolute atomic E-state index is 0.655. The number of aliphatic hydroxyl groups excluding tert-OH is 2. The van der Waals surface area contributed by atoms with Gasteiger partial charge < -0.3 is 10.2 Å². The summed E-state index contributed by atoms with van der Waals surface area (Å²) in [5.74, 6) is 0. The van der Waals surface area contributed by atoms with Crippen LogP contribution in [0, 0.1) is 0 Å². The molecule has 66 valence electrons. The third-order valence-corrected chi connectivity index (χ3v) is 2.73. The summed E-state index contributed by atoms with van der Waals surface area (Å²) in [7, 11) is 0. The number of hydrogen-bond acceptors (Lipinski definition) is 2. The molecule has 0 heterocycles. The Morgan fingerprint density at radius 3 is 2.33 bits per heavy atom. The molecule has 1 saturated carbocycles. The van der Waals surface area contributed by atoms with Crippen molar-refractivity contribution >= 4 is 0 Å². The smallest absolute Gasteiger partial charge is 0.108 e. The van der Waals surface area contributed by atoms with E-state index in [4.69, 9.17) is 0 Å². The molecule has 2 atom stereocenters. The van der Waals surface area contributed by atoms with Crippen molar-refractivity contribution in [1.82, 2.24) is 0 Å². The molecule has 0 amide bonds. The van der Waals surface area contributed by atoms with Crippen molar-refractivity contribution in [2.45, 2.75) is 37.9 Å². The monoisotopic (exact) mass is 166 g/mol. The highest BCUT2D eigenvalue weighted by molar-refractivity contribution is 5.37. The van der Waals surface area contributed by atoms with Crippen molar-refractivity contribution in [1.29, 1.82) is 0 Å². The van der Waals surface area contributed by atoms with Crippen molar-refractivity contribution in [3.63, 3.8) is 0 Å². The van der Waals surface area contributed by atoms with Gasteiger partial charge in [-0.3, -0.25) is 0 Å². The fraction of sp³-hybridized carbons (Fsp3) is 0.600. The van der Waals surface area contributed by atoms with Gasteiger partial charge in [-0.1, -0.05) is 17.7 Å². The van der Waals surface area contributed by atoms with Crippen LogP contribution < -0.4 is 0 Å². The van der Waals surface area contributed by atoms with Crippen LogP contribution in [0.4, 0.5) is 0 Å². The normalized spacial score (nSPS) is 35.2. The maximum atomic E-state index is 9.55. The zero-order valence-corrected chi connectivity index (χ0v) is 7.03. The van der Waals surface area contributed by atoms with E-state index in [9.17, 15) is 10.2 Å². The minimum Gasteiger partial charge on any atom is -0.386 e. The standard InChI is InChI=1S/C10H14O2/c11-9-6-5-8(10(9)12)7-3-1-2-4-7/h5-6,9-12H,1-4H2. The Labute approximate surface area is 72.2 Å². The van der Waals surface area contributed by atoms with Gasteiger partial charge in [0.15, 0.2) is 0 Å². The molecule has 2 rings (SSSR count). The van der Waals surface area contributed by atoms with Crippen molar-refractivity contribution in [2.24, 2.45) is 0 Å². The molecule has 0 saturated heterocycles. The van der Waals surface area contributed by atoms with E-state index in [0.717, 1.165) is 18.4 Å². The summed E-state index contributed by atoms with van der Waals surface area (Å²) in [5.41, 5.74) is 2.32. The van der Waals surface area contributed by atoms with Gasteiger partial charge in [0.1, 0.15) is 12.2 Å². The maximum absolute atomic E-state index is 9.55. The van der Waals surface area contributed by atoms with Gasteiger partial charge in [-0.25, -0.2) is 0 Å². The first-order valence-corrected chi connectivity index (χ1v) is 4.55. The van der Waals surface area contributed by atoms with E-state index in [1.165, 1.54) is 18.4 Å². The number of hydrogen-bond donors (Lipinski definition) is 2. The van der Waals surface area contributed by atoms with Crippen molar-refractivity contribution in [2.75, 3.05) is 0 Å². The second-order valence-electron chi connectivity index (χ2n) is 3.56. The SMILES string of the molecule is OC1C=CC(=C2CCCC2)C1O. The van der Waals surface area contributed by atoms with E-state index >= 15 is 0 Å². The van der Waals surface area contributed by atoms with Gasteiger partial charge in [-0.2, -0.15) is 0 Å². The predicted molar refractivity (Wildman–Crippen MR) is 46.6 cm³/mol. The first-order valence-electron chi connectivity index (χ1n) is 4.55. The van der Waals surface area contributed by atoms with Gasteiger partial charge in [0.25, 0.3) is 0 Å². The van der Waals surface area contributed by atoms with Gasteiger partial charge >= 0.3 is 0 Å².